The molecule has 1 amide bonds. The molecule has 0 bridgehead atoms. The largest absolute Gasteiger partial charge is 0.452 e. The monoisotopic (exact) mass is 445 g/mol. The van der Waals surface area contributed by atoms with E-state index < -0.39 is 18.5 Å². The molecule has 0 saturated heterocycles. The highest BCUT2D eigenvalue weighted by Crippen LogP contribution is 2.29. The maximum atomic E-state index is 12.8. The van der Waals surface area contributed by atoms with Crippen molar-refractivity contribution in [3.05, 3.63) is 106 Å². The zero-order valence-electron chi connectivity index (χ0n) is 16.6. The van der Waals surface area contributed by atoms with Gasteiger partial charge < -0.3 is 10.1 Å². The summed E-state index contributed by atoms with van der Waals surface area (Å²) in [5, 5.41) is 3.10. The number of hydrogen-bond acceptors (Lipinski definition) is 5. The van der Waals surface area contributed by atoms with E-state index >= 15 is 0 Å². The van der Waals surface area contributed by atoms with Crippen LogP contribution in [0, 0.1) is 0 Å². The number of anilines is 1. The third-order valence-electron chi connectivity index (χ3n) is 4.81. The van der Waals surface area contributed by atoms with E-state index in [9.17, 15) is 19.2 Å². The summed E-state index contributed by atoms with van der Waals surface area (Å²) in [4.78, 5) is 49.4. The average Bonchev–Trinajstić information content (AvgIpc) is 2.80. The molecule has 1 aliphatic carbocycles. The Hall–Kier alpha value is -4.03. The van der Waals surface area contributed by atoms with Gasteiger partial charge >= 0.3 is 5.97 Å². The van der Waals surface area contributed by atoms with Crippen molar-refractivity contribution in [2.24, 2.45) is 0 Å². The van der Waals surface area contributed by atoms with Gasteiger partial charge in [0.1, 0.15) is 0 Å². The van der Waals surface area contributed by atoms with Crippen LogP contribution >= 0.6 is 11.6 Å². The second kappa shape index (κ2) is 8.99. The fourth-order valence-corrected chi connectivity index (χ4v) is 3.53. The van der Waals surface area contributed by atoms with Crippen molar-refractivity contribution in [1.82, 2.24) is 0 Å². The second-order valence-corrected chi connectivity index (χ2v) is 7.44. The highest BCUT2D eigenvalue weighted by atomic mass is 35.5. The van der Waals surface area contributed by atoms with Crippen LogP contribution in [0.4, 0.5) is 5.69 Å². The number of carbonyl (C=O) groups is 4. The van der Waals surface area contributed by atoms with Gasteiger partial charge in [-0.05, 0) is 42.0 Å². The van der Waals surface area contributed by atoms with Crippen molar-refractivity contribution in [2.75, 3.05) is 11.9 Å². The summed E-state index contributed by atoms with van der Waals surface area (Å²) in [6, 6.07) is 18.0. The summed E-state index contributed by atoms with van der Waals surface area (Å²) >= 11 is 5.88. The summed E-state index contributed by atoms with van der Waals surface area (Å²) in [5.41, 5.74) is 2.22. The number of esters is 1. The van der Waals surface area contributed by atoms with E-state index in [1.54, 1.807) is 48.5 Å². The fourth-order valence-electron chi connectivity index (χ4n) is 3.33. The highest BCUT2D eigenvalue weighted by Gasteiger charge is 2.29. The van der Waals surface area contributed by atoms with Crippen LogP contribution in [0.1, 0.15) is 37.4 Å². The Balaban J connectivity index is 1.38. The lowest BCUT2D eigenvalue weighted by Gasteiger charge is -2.18. The van der Waals surface area contributed by atoms with Crippen LogP contribution in [-0.2, 0) is 14.3 Å². The van der Waals surface area contributed by atoms with Crippen molar-refractivity contribution >= 4 is 46.8 Å². The first-order valence-corrected chi connectivity index (χ1v) is 10.0. The summed E-state index contributed by atoms with van der Waals surface area (Å²) in [7, 11) is 0. The molecule has 0 aliphatic heterocycles. The number of fused-ring (bicyclic) bond motifs is 2. The molecule has 158 valence electrons. The van der Waals surface area contributed by atoms with E-state index in [0.717, 1.165) is 0 Å². The molecule has 0 fully saturated rings. The molecular weight excluding hydrogens is 430 g/mol. The van der Waals surface area contributed by atoms with Crippen LogP contribution in [0.5, 0.6) is 0 Å². The Labute approximate surface area is 188 Å². The quantitative estimate of drug-likeness (QED) is 0.365. The lowest BCUT2D eigenvalue weighted by atomic mass is 9.84. The fraction of sp³-hybridized carbons (Fsp3) is 0.0400. The minimum absolute atomic E-state index is 0.216. The molecule has 0 saturated carbocycles. The highest BCUT2D eigenvalue weighted by molar-refractivity contribution is 6.30. The molecule has 0 aromatic heterocycles. The Morgan fingerprint density at radius 1 is 0.844 bits per heavy atom. The van der Waals surface area contributed by atoms with Crippen LogP contribution < -0.4 is 5.32 Å². The summed E-state index contributed by atoms with van der Waals surface area (Å²) in [6.07, 6.45) is 2.72. The molecular formula is C25H16ClNO5. The molecule has 3 aromatic rings. The Morgan fingerprint density at radius 3 is 2.25 bits per heavy atom. The van der Waals surface area contributed by atoms with Crippen molar-refractivity contribution in [3.8, 4) is 0 Å². The first-order chi connectivity index (χ1) is 15.4. The van der Waals surface area contributed by atoms with Gasteiger partial charge in [0.2, 0.25) is 0 Å². The predicted octanol–water partition coefficient (Wildman–Crippen LogP) is 4.31. The number of ether oxygens (including phenoxy) is 1. The van der Waals surface area contributed by atoms with Gasteiger partial charge in [-0.15, -0.1) is 0 Å². The summed E-state index contributed by atoms with van der Waals surface area (Å²) in [5.74, 6) is -1.80. The van der Waals surface area contributed by atoms with E-state index in [-0.39, 0.29) is 22.7 Å². The van der Waals surface area contributed by atoms with Crippen LogP contribution in [0.15, 0.2) is 72.8 Å². The zero-order chi connectivity index (χ0) is 22.7. The first-order valence-electron chi connectivity index (χ1n) is 9.65. The molecule has 7 heteroatoms. The number of amides is 1. The van der Waals surface area contributed by atoms with Crippen molar-refractivity contribution in [1.29, 1.82) is 0 Å². The molecule has 0 atom stereocenters. The number of hydrogen-bond donors (Lipinski definition) is 1. The molecule has 32 heavy (non-hydrogen) atoms. The van der Waals surface area contributed by atoms with E-state index in [0.29, 0.717) is 27.4 Å². The third-order valence-corrected chi connectivity index (χ3v) is 5.05. The van der Waals surface area contributed by atoms with Gasteiger partial charge in [-0.3, -0.25) is 14.4 Å². The van der Waals surface area contributed by atoms with Gasteiger partial charge in [0.15, 0.2) is 18.2 Å². The smallest absolute Gasteiger partial charge is 0.331 e. The minimum Gasteiger partial charge on any atom is -0.452 e. The van der Waals surface area contributed by atoms with E-state index in [2.05, 4.69) is 5.32 Å². The van der Waals surface area contributed by atoms with Crippen LogP contribution in [0.3, 0.4) is 0 Å². The third kappa shape index (κ3) is 4.50. The maximum absolute atomic E-state index is 12.8. The predicted molar refractivity (Wildman–Crippen MR) is 120 cm³/mol. The molecule has 0 spiro atoms. The van der Waals surface area contributed by atoms with Crippen LogP contribution in [-0.4, -0.2) is 30.0 Å². The number of carbonyl (C=O) groups excluding carboxylic acids is 4. The minimum atomic E-state index is -0.692. The Morgan fingerprint density at radius 2 is 1.53 bits per heavy atom. The van der Waals surface area contributed by atoms with Crippen LogP contribution in [0.2, 0.25) is 5.02 Å². The molecule has 0 unspecified atom stereocenters. The molecule has 1 aliphatic rings. The van der Waals surface area contributed by atoms with Gasteiger partial charge in [-0.2, -0.15) is 0 Å². The molecule has 0 heterocycles. The van der Waals surface area contributed by atoms with Crippen molar-refractivity contribution in [2.45, 2.75) is 0 Å². The summed E-state index contributed by atoms with van der Waals surface area (Å²) < 4.78 is 4.93. The SMILES string of the molecule is O=C(COC(=O)/C=C/c1cccc(Cl)c1)Nc1ccc2c(c1)C(=O)c1ccccc1C2=O. The number of nitrogens with one attached hydrogen (secondary N) is 1. The topological polar surface area (TPSA) is 89.5 Å². The van der Waals surface area contributed by atoms with Gasteiger partial charge in [-0.25, -0.2) is 4.79 Å². The molecule has 1 N–H and O–H groups in total. The van der Waals surface area contributed by atoms with Gasteiger partial charge in [0.25, 0.3) is 5.91 Å². The van der Waals surface area contributed by atoms with E-state index in [4.69, 9.17) is 16.3 Å². The molecule has 6 nitrogen and oxygen atoms in total. The lowest BCUT2D eigenvalue weighted by Crippen LogP contribution is -2.23. The van der Waals surface area contributed by atoms with E-state index in [1.807, 2.05) is 0 Å². The van der Waals surface area contributed by atoms with Crippen LogP contribution in [0.25, 0.3) is 6.08 Å². The van der Waals surface area contributed by atoms with Crippen molar-refractivity contribution < 1.29 is 23.9 Å². The first kappa shape index (κ1) is 21.2. The van der Waals surface area contributed by atoms with Gasteiger partial charge in [0, 0.05) is 39.0 Å². The van der Waals surface area contributed by atoms with Gasteiger partial charge in [0.05, 0.1) is 0 Å². The van der Waals surface area contributed by atoms with Gasteiger partial charge in [-0.1, -0.05) is 48.0 Å². The molecule has 4 rings (SSSR count). The summed E-state index contributed by atoms with van der Waals surface area (Å²) in [6.45, 7) is -0.508. The molecule has 3 aromatic carbocycles. The number of ketones is 2. The Bertz CT molecular complexity index is 1290. The molecule has 0 radical (unpaired) electrons. The average molecular weight is 446 g/mol. The van der Waals surface area contributed by atoms with E-state index in [1.165, 1.54) is 30.4 Å². The number of benzene rings is 3. The lowest BCUT2D eigenvalue weighted by molar-refractivity contribution is -0.142. The Kier molecular flexibility index (Phi) is 5.96. The maximum Gasteiger partial charge on any atom is 0.331 e. The number of rotatable bonds is 5. The number of halogens is 1. The zero-order valence-corrected chi connectivity index (χ0v) is 17.4. The second-order valence-electron chi connectivity index (χ2n) is 7.01. The normalized spacial score (nSPS) is 12.3. The standard InChI is InChI=1S/C25H16ClNO5/c26-16-5-3-4-15(12-16)8-11-23(29)32-14-22(28)27-17-9-10-20-21(13-17)25(31)19-7-2-1-6-18(19)24(20)30/h1-13H,14H2,(H,27,28)/b11-8+. The van der Waals surface area contributed by atoms with Crippen molar-refractivity contribution in [3.63, 3.8) is 0 Å².